The number of ether oxygens (including phenoxy) is 1. The van der Waals surface area contributed by atoms with E-state index in [0.717, 1.165) is 12.0 Å². The lowest BCUT2D eigenvalue weighted by molar-refractivity contribution is 0.143. The van der Waals surface area contributed by atoms with Crippen molar-refractivity contribution in [3.05, 3.63) is 29.3 Å². The van der Waals surface area contributed by atoms with E-state index >= 15 is 0 Å². The van der Waals surface area contributed by atoms with Gasteiger partial charge in [-0.2, -0.15) is 0 Å². The van der Waals surface area contributed by atoms with Crippen LogP contribution in [0.5, 0.6) is 5.75 Å². The highest BCUT2D eigenvalue weighted by atomic mass is 16.7. The molecule has 0 heterocycles. The fourth-order valence-corrected chi connectivity index (χ4v) is 3.38. The second-order valence-electron chi connectivity index (χ2n) is 6.66. The molecular weight excluding hydrogens is 264 g/mol. The van der Waals surface area contributed by atoms with E-state index in [1.165, 1.54) is 37.7 Å². The minimum atomic E-state index is -1.23. The number of hydrogen-bond acceptors (Lipinski definition) is 2. The summed E-state index contributed by atoms with van der Waals surface area (Å²) < 4.78 is 5.08. The monoisotopic (exact) mass is 290 g/mol. The van der Waals surface area contributed by atoms with Gasteiger partial charge in [0.25, 0.3) is 0 Å². The van der Waals surface area contributed by atoms with E-state index in [2.05, 4.69) is 26.8 Å². The molecule has 3 heteroatoms. The fraction of sp³-hybridized carbons (Fsp3) is 0.611. The number of carboxylic acid groups (broad SMARTS) is 1. The first kappa shape index (κ1) is 15.9. The molecule has 0 aliphatic heterocycles. The van der Waals surface area contributed by atoms with Gasteiger partial charge in [-0.05, 0) is 42.2 Å². The molecule has 0 unspecified atom stereocenters. The lowest BCUT2D eigenvalue weighted by atomic mass is 9.73. The largest absolute Gasteiger partial charge is 0.511 e. The van der Waals surface area contributed by atoms with Gasteiger partial charge in [-0.25, -0.2) is 4.79 Å². The van der Waals surface area contributed by atoms with Crippen LogP contribution in [0, 0.1) is 0 Å². The molecule has 0 radical (unpaired) electrons. The van der Waals surface area contributed by atoms with E-state index in [-0.39, 0.29) is 5.41 Å². The average Bonchev–Trinajstić information content (AvgIpc) is 2.47. The molecule has 0 amide bonds. The summed E-state index contributed by atoms with van der Waals surface area (Å²) in [5.74, 6) is 1.05. The molecule has 0 saturated heterocycles. The molecule has 1 aromatic carbocycles. The molecule has 116 valence electrons. The van der Waals surface area contributed by atoms with Crippen molar-refractivity contribution in [2.45, 2.75) is 70.6 Å². The van der Waals surface area contributed by atoms with Crippen molar-refractivity contribution in [3.63, 3.8) is 0 Å². The van der Waals surface area contributed by atoms with Crippen molar-refractivity contribution >= 4 is 6.16 Å². The van der Waals surface area contributed by atoms with Crippen LogP contribution in [0.1, 0.15) is 76.3 Å². The van der Waals surface area contributed by atoms with E-state index in [9.17, 15) is 4.79 Å². The lowest BCUT2D eigenvalue weighted by Crippen LogP contribution is -2.22. The highest BCUT2D eigenvalue weighted by molar-refractivity contribution is 5.63. The van der Waals surface area contributed by atoms with Crippen molar-refractivity contribution in [3.8, 4) is 5.75 Å². The van der Waals surface area contributed by atoms with Crippen molar-refractivity contribution in [1.82, 2.24) is 0 Å². The third-order valence-electron chi connectivity index (χ3n) is 4.86. The molecular formula is C18H26O3. The molecule has 0 spiro atoms. The molecule has 0 aromatic heterocycles. The molecule has 0 bridgehead atoms. The zero-order valence-corrected chi connectivity index (χ0v) is 13.3. The summed E-state index contributed by atoms with van der Waals surface area (Å²) in [6.07, 6.45) is 5.96. The summed E-state index contributed by atoms with van der Waals surface area (Å²) in [6.45, 7) is 6.48. The topological polar surface area (TPSA) is 46.5 Å². The van der Waals surface area contributed by atoms with E-state index < -0.39 is 6.16 Å². The maximum absolute atomic E-state index is 11.0. The predicted octanol–water partition coefficient (Wildman–Crippen LogP) is 5.48. The van der Waals surface area contributed by atoms with Crippen LogP contribution in [0.15, 0.2) is 18.2 Å². The van der Waals surface area contributed by atoms with Crippen LogP contribution in [0.2, 0.25) is 0 Å². The van der Waals surface area contributed by atoms with E-state index in [0.29, 0.717) is 11.7 Å². The lowest BCUT2D eigenvalue weighted by Gasteiger charge is -2.32. The molecule has 1 fully saturated rings. The summed E-state index contributed by atoms with van der Waals surface area (Å²) >= 11 is 0. The second kappa shape index (κ2) is 6.50. The quantitative estimate of drug-likeness (QED) is 0.590. The Bertz CT molecular complexity index is 499. The fourth-order valence-electron chi connectivity index (χ4n) is 3.38. The molecule has 3 nitrogen and oxygen atoms in total. The number of hydrogen-bond donors (Lipinski definition) is 1. The minimum absolute atomic E-state index is 0.0845. The number of benzene rings is 1. The van der Waals surface area contributed by atoms with Gasteiger partial charge in [0.05, 0.1) is 0 Å². The first-order valence-corrected chi connectivity index (χ1v) is 8.00. The molecule has 1 N–H and O–H groups in total. The second-order valence-corrected chi connectivity index (χ2v) is 6.66. The maximum atomic E-state index is 11.0. The molecule has 21 heavy (non-hydrogen) atoms. The Labute approximate surface area is 127 Å². The van der Waals surface area contributed by atoms with Crippen molar-refractivity contribution in [1.29, 1.82) is 0 Å². The first-order chi connectivity index (χ1) is 9.95. The molecule has 1 saturated carbocycles. The summed E-state index contributed by atoms with van der Waals surface area (Å²) in [4.78, 5) is 11.0. The Kier molecular flexibility index (Phi) is 4.92. The Hall–Kier alpha value is -1.51. The van der Waals surface area contributed by atoms with Gasteiger partial charge in [0, 0.05) is 5.56 Å². The summed E-state index contributed by atoms with van der Waals surface area (Å²) in [7, 11) is 0. The Morgan fingerprint density at radius 1 is 1.29 bits per heavy atom. The van der Waals surface area contributed by atoms with Crippen molar-refractivity contribution in [2.24, 2.45) is 0 Å². The highest BCUT2D eigenvalue weighted by Crippen LogP contribution is 2.43. The van der Waals surface area contributed by atoms with Gasteiger partial charge in [0.15, 0.2) is 0 Å². The molecule has 1 aliphatic rings. The maximum Gasteiger partial charge on any atom is 0.511 e. The van der Waals surface area contributed by atoms with Gasteiger partial charge < -0.3 is 9.84 Å². The number of rotatable bonds is 4. The molecule has 1 aromatic rings. The zero-order chi connectivity index (χ0) is 15.5. The van der Waals surface area contributed by atoms with E-state index in [1.807, 2.05) is 6.07 Å². The Morgan fingerprint density at radius 2 is 1.95 bits per heavy atom. The molecule has 0 atom stereocenters. The van der Waals surface area contributed by atoms with Crippen molar-refractivity contribution in [2.75, 3.05) is 0 Å². The standard InChI is InChI=1S/C18H26O3/c1-4-18(2,3)16-14(13-9-6-5-7-10-13)11-8-12-15(16)21-17(19)20/h8,11-13H,4-7,9-10H2,1-3H3,(H,19,20). The predicted molar refractivity (Wildman–Crippen MR) is 84.2 cm³/mol. The van der Waals surface area contributed by atoms with Crippen LogP contribution in [-0.2, 0) is 5.41 Å². The van der Waals surface area contributed by atoms with Crippen LogP contribution >= 0.6 is 0 Å². The molecule has 2 rings (SSSR count). The van der Waals surface area contributed by atoms with Gasteiger partial charge in [0.1, 0.15) is 5.75 Å². The third-order valence-corrected chi connectivity index (χ3v) is 4.86. The van der Waals surface area contributed by atoms with E-state index in [4.69, 9.17) is 9.84 Å². The van der Waals surface area contributed by atoms with Gasteiger partial charge in [-0.1, -0.05) is 52.2 Å². The summed E-state index contributed by atoms with van der Waals surface area (Å²) in [5, 5.41) is 9.01. The summed E-state index contributed by atoms with van der Waals surface area (Å²) in [6, 6.07) is 5.88. The van der Waals surface area contributed by atoms with Crippen LogP contribution in [0.4, 0.5) is 4.79 Å². The van der Waals surface area contributed by atoms with Crippen LogP contribution < -0.4 is 4.74 Å². The molecule has 1 aliphatic carbocycles. The normalized spacial score (nSPS) is 16.7. The van der Waals surface area contributed by atoms with Gasteiger partial charge >= 0.3 is 6.16 Å². The third kappa shape index (κ3) is 3.58. The SMILES string of the molecule is CCC(C)(C)c1c(OC(=O)O)cccc1C1CCCCC1. The van der Waals surface area contributed by atoms with Crippen molar-refractivity contribution < 1.29 is 14.6 Å². The first-order valence-electron chi connectivity index (χ1n) is 8.00. The smallest absolute Gasteiger partial charge is 0.449 e. The van der Waals surface area contributed by atoms with Gasteiger partial charge in [-0.3, -0.25) is 0 Å². The van der Waals surface area contributed by atoms with Crippen LogP contribution in [-0.4, -0.2) is 11.3 Å². The van der Waals surface area contributed by atoms with E-state index in [1.54, 1.807) is 6.07 Å². The van der Waals surface area contributed by atoms with Gasteiger partial charge in [-0.15, -0.1) is 0 Å². The zero-order valence-electron chi connectivity index (χ0n) is 13.3. The van der Waals surface area contributed by atoms with Gasteiger partial charge in [0.2, 0.25) is 0 Å². The Morgan fingerprint density at radius 3 is 2.52 bits per heavy atom. The average molecular weight is 290 g/mol. The Balaban J connectivity index is 2.50. The van der Waals surface area contributed by atoms with Crippen LogP contribution in [0.25, 0.3) is 0 Å². The van der Waals surface area contributed by atoms with Crippen LogP contribution in [0.3, 0.4) is 0 Å². The summed E-state index contributed by atoms with van der Waals surface area (Å²) in [5.41, 5.74) is 2.29. The number of carbonyl (C=O) groups is 1. The highest BCUT2D eigenvalue weighted by Gasteiger charge is 2.30. The minimum Gasteiger partial charge on any atom is -0.449 e.